The Morgan fingerprint density at radius 2 is 1.88 bits per heavy atom. The SMILES string of the molecule is CCCOC(=O)CC(=O)c1ccc(F)cc1. The third-order valence-electron chi connectivity index (χ3n) is 1.94. The molecule has 0 saturated carbocycles. The average Bonchev–Trinajstić information content (AvgIpc) is 2.27. The van der Waals surface area contributed by atoms with E-state index in [9.17, 15) is 14.0 Å². The highest BCUT2D eigenvalue weighted by Crippen LogP contribution is 2.06. The maximum Gasteiger partial charge on any atom is 0.313 e. The van der Waals surface area contributed by atoms with E-state index in [-0.39, 0.29) is 12.2 Å². The van der Waals surface area contributed by atoms with E-state index in [1.807, 2.05) is 6.92 Å². The molecule has 0 aliphatic rings. The van der Waals surface area contributed by atoms with E-state index in [1.165, 1.54) is 24.3 Å². The van der Waals surface area contributed by atoms with Gasteiger partial charge in [0, 0.05) is 5.56 Å². The lowest BCUT2D eigenvalue weighted by atomic mass is 10.1. The van der Waals surface area contributed by atoms with Crippen molar-refractivity contribution in [3.63, 3.8) is 0 Å². The van der Waals surface area contributed by atoms with Gasteiger partial charge >= 0.3 is 5.97 Å². The van der Waals surface area contributed by atoms with Crippen LogP contribution in [0.1, 0.15) is 30.1 Å². The first-order chi connectivity index (χ1) is 7.63. The van der Waals surface area contributed by atoms with Crippen LogP contribution in [0.25, 0.3) is 0 Å². The number of halogens is 1. The molecule has 0 aliphatic heterocycles. The summed E-state index contributed by atoms with van der Waals surface area (Å²) in [5.74, 6) is -1.32. The van der Waals surface area contributed by atoms with E-state index >= 15 is 0 Å². The molecule has 3 nitrogen and oxygen atoms in total. The molecule has 0 aliphatic carbocycles. The molecular formula is C12H13FO3. The van der Waals surface area contributed by atoms with Crippen LogP contribution in [0.3, 0.4) is 0 Å². The molecule has 0 heterocycles. The van der Waals surface area contributed by atoms with Crippen molar-refractivity contribution in [1.29, 1.82) is 0 Å². The Kier molecular flexibility index (Phi) is 4.64. The van der Waals surface area contributed by atoms with Crippen LogP contribution in [-0.4, -0.2) is 18.4 Å². The van der Waals surface area contributed by atoms with Gasteiger partial charge in [0.05, 0.1) is 6.61 Å². The van der Waals surface area contributed by atoms with Crippen LogP contribution < -0.4 is 0 Å². The van der Waals surface area contributed by atoms with Gasteiger partial charge in [-0.2, -0.15) is 0 Å². The summed E-state index contributed by atoms with van der Waals surface area (Å²) < 4.78 is 17.3. The van der Waals surface area contributed by atoms with Crippen molar-refractivity contribution in [2.75, 3.05) is 6.61 Å². The molecule has 0 aromatic heterocycles. The van der Waals surface area contributed by atoms with Crippen molar-refractivity contribution in [2.24, 2.45) is 0 Å². The summed E-state index contributed by atoms with van der Waals surface area (Å²) in [5.41, 5.74) is 0.315. The van der Waals surface area contributed by atoms with Gasteiger partial charge in [0.2, 0.25) is 0 Å². The first kappa shape index (κ1) is 12.4. The highest BCUT2D eigenvalue weighted by Gasteiger charge is 2.12. The molecule has 0 N–H and O–H groups in total. The summed E-state index contributed by atoms with van der Waals surface area (Å²) in [6.07, 6.45) is 0.419. The molecule has 0 fully saturated rings. The van der Waals surface area contributed by atoms with Crippen LogP contribution in [0.15, 0.2) is 24.3 Å². The molecule has 0 unspecified atom stereocenters. The molecule has 0 atom stereocenters. The van der Waals surface area contributed by atoms with Crippen molar-refractivity contribution in [2.45, 2.75) is 19.8 Å². The maximum atomic E-state index is 12.6. The fourth-order valence-corrected chi connectivity index (χ4v) is 1.14. The monoisotopic (exact) mass is 224 g/mol. The summed E-state index contributed by atoms with van der Waals surface area (Å²) in [4.78, 5) is 22.6. The predicted molar refractivity (Wildman–Crippen MR) is 56.6 cm³/mol. The van der Waals surface area contributed by atoms with E-state index in [4.69, 9.17) is 4.74 Å². The average molecular weight is 224 g/mol. The number of rotatable bonds is 5. The Balaban J connectivity index is 2.52. The van der Waals surface area contributed by atoms with E-state index in [0.29, 0.717) is 12.2 Å². The van der Waals surface area contributed by atoms with Gasteiger partial charge in [0.1, 0.15) is 12.2 Å². The lowest BCUT2D eigenvalue weighted by molar-refractivity contribution is -0.142. The molecule has 1 aromatic carbocycles. The van der Waals surface area contributed by atoms with Gasteiger partial charge < -0.3 is 4.74 Å². The normalized spacial score (nSPS) is 9.88. The van der Waals surface area contributed by atoms with Gasteiger partial charge in [0.15, 0.2) is 5.78 Å². The molecule has 16 heavy (non-hydrogen) atoms. The van der Waals surface area contributed by atoms with E-state index < -0.39 is 11.8 Å². The zero-order chi connectivity index (χ0) is 12.0. The smallest absolute Gasteiger partial charge is 0.313 e. The molecule has 86 valence electrons. The molecule has 1 rings (SSSR count). The second-order valence-electron chi connectivity index (χ2n) is 3.33. The van der Waals surface area contributed by atoms with Gasteiger partial charge in [0.25, 0.3) is 0 Å². The maximum absolute atomic E-state index is 12.6. The Morgan fingerprint density at radius 3 is 2.44 bits per heavy atom. The Hall–Kier alpha value is -1.71. The van der Waals surface area contributed by atoms with Crippen LogP contribution in [-0.2, 0) is 9.53 Å². The first-order valence-electron chi connectivity index (χ1n) is 5.08. The number of hydrogen-bond donors (Lipinski definition) is 0. The van der Waals surface area contributed by atoms with Crippen LogP contribution in [0.2, 0.25) is 0 Å². The minimum Gasteiger partial charge on any atom is -0.465 e. The molecular weight excluding hydrogens is 211 g/mol. The Labute approximate surface area is 93.2 Å². The zero-order valence-electron chi connectivity index (χ0n) is 9.03. The van der Waals surface area contributed by atoms with Crippen LogP contribution >= 0.6 is 0 Å². The van der Waals surface area contributed by atoms with Crippen LogP contribution in [0.5, 0.6) is 0 Å². The number of ether oxygens (including phenoxy) is 1. The van der Waals surface area contributed by atoms with Gasteiger partial charge in [-0.15, -0.1) is 0 Å². The Morgan fingerprint density at radius 1 is 1.25 bits per heavy atom. The molecule has 1 aromatic rings. The van der Waals surface area contributed by atoms with Gasteiger partial charge in [-0.1, -0.05) is 6.92 Å². The first-order valence-corrected chi connectivity index (χ1v) is 5.08. The quantitative estimate of drug-likeness (QED) is 0.438. The summed E-state index contributed by atoms with van der Waals surface area (Å²) in [6, 6.07) is 5.07. The van der Waals surface area contributed by atoms with Crippen LogP contribution in [0, 0.1) is 5.82 Å². The summed E-state index contributed by atoms with van der Waals surface area (Å²) in [5, 5.41) is 0. The van der Waals surface area contributed by atoms with Crippen molar-refractivity contribution < 1.29 is 18.7 Å². The van der Waals surface area contributed by atoms with Gasteiger partial charge in [-0.25, -0.2) is 4.39 Å². The molecule has 0 bridgehead atoms. The minimum absolute atomic E-state index is 0.300. The number of hydrogen-bond acceptors (Lipinski definition) is 3. The second-order valence-corrected chi connectivity index (χ2v) is 3.33. The number of carbonyl (C=O) groups is 2. The Bertz CT molecular complexity index is 370. The minimum atomic E-state index is -0.545. The summed E-state index contributed by atoms with van der Waals surface area (Å²) in [6.45, 7) is 2.19. The number of benzene rings is 1. The van der Waals surface area contributed by atoms with E-state index in [1.54, 1.807) is 0 Å². The lowest BCUT2D eigenvalue weighted by Crippen LogP contribution is -2.12. The van der Waals surface area contributed by atoms with Crippen molar-refractivity contribution >= 4 is 11.8 Å². The second kappa shape index (κ2) is 6.00. The van der Waals surface area contributed by atoms with Crippen molar-refractivity contribution in [1.82, 2.24) is 0 Å². The third kappa shape index (κ3) is 3.81. The standard InChI is InChI=1S/C12H13FO3/c1-2-7-16-12(15)8-11(14)9-3-5-10(13)6-4-9/h3-6H,2,7-8H2,1H3. The topological polar surface area (TPSA) is 43.4 Å². The largest absolute Gasteiger partial charge is 0.465 e. The fraction of sp³-hybridized carbons (Fsp3) is 0.333. The van der Waals surface area contributed by atoms with Gasteiger partial charge in [-0.3, -0.25) is 9.59 Å². The number of carbonyl (C=O) groups excluding carboxylic acids is 2. The van der Waals surface area contributed by atoms with Crippen molar-refractivity contribution in [3.05, 3.63) is 35.6 Å². The van der Waals surface area contributed by atoms with Gasteiger partial charge in [-0.05, 0) is 30.7 Å². The molecule has 0 spiro atoms. The van der Waals surface area contributed by atoms with E-state index in [0.717, 1.165) is 6.42 Å². The number of esters is 1. The van der Waals surface area contributed by atoms with Crippen LogP contribution in [0.4, 0.5) is 4.39 Å². The molecule has 0 amide bonds. The highest BCUT2D eigenvalue weighted by atomic mass is 19.1. The summed E-state index contributed by atoms with van der Waals surface area (Å²) >= 11 is 0. The third-order valence-corrected chi connectivity index (χ3v) is 1.94. The number of ketones is 1. The predicted octanol–water partition coefficient (Wildman–Crippen LogP) is 2.35. The molecule has 4 heteroatoms. The lowest BCUT2D eigenvalue weighted by Gasteiger charge is -2.02. The van der Waals surface area contributed by atoms with Crippen molar-refractivity contribution in [3.8, 4) is 0 Å². The highest BCUT2D eigenvalue weighted by molar-refractivity contribution is 6.05. The zero-order valence-corrected chi connectivity index (χ0v) is 9.03. The molecule has 0 radical (unpaired) electrons. The number of Topliss-reactive ketones (excluding diaryl/α,β-unsaturated/α-hetero) is 1. The summed E-state index contributed by atoms with van der Waals surface area (Å²) in [7, 11) is 0. The van der Waals surface area contributed by atoms with E-state index in [2.05, 4.69) is 0 Å². The molecule has 0 saturated heterocycles. The fourth-order valence-electron chi connectivity index (χ4n) is 1.14.